The molecular weight excluding hydrogens is 184 g/mol. The zero-order valence-corrected chi connectivity index (χ0v) is 10.5. The van der Waals surface area contributed by atoms with Crippen molar-refractivity contribution in [1.82, 2.24) is 0 Å². The molecule has 0 aromatic rings. The molecule has 0 bridgehead atoms. The molecule has 90 valence electrons. The van der Waals surface area contributed by atoms with Gasteiger partial charge in [0.1, 0.15) is 0 Å². The molecule has 1 N–H and O–H groups in total. The van der Waals surface area contributed by atoms with E-state index in [0.29, 0.717) is 5.92 Å². The average Bonchev–Trinajstić information content (AvgIpc) is 2.48. The first-order valence-corrected chi connectivity index (χ1v) is 6.96. The predicted molar refractivity (Wildman–Crippen MR) is 65.9 cm³/mol. The molecule has 1 aliphatic carbocycles. The van der Waals surface area contributed by atoms with Crippen LogP contribution in [0.1, 0.15) is 71.6 Å². The number of aliphatic hydroxyl groups excluding tert-OH is 1. The second-order valence-corrected chi connectivity index (χ2v) is 5.24. The minimum Gasteiger partial charge on any atom is -0.393 e. The van der Waals surface area contributed by atoms with E-state index in [2.05, 4.69) is 13.8 Å². The number of aliphatic hydroxyl groups is 1. The van der Waals surface area contributed by atoms with Gasteiger partial charge in [-0.15, -0.1) is 0 Å². The standard InChI is InChI=1S/C14H28O/c1-3-13(4-2)14(15)11-12-9-7-5-6-8-10-12/h12-15H,3-11H2,1-2H3. The predicted octanol–water partition coefficient (Wildman–Crippen LogP) is 4.14. The van der Waals surface area contributed by atoms with E-state index in [1.165, 1.54) is 38.5 Å². The molecule has 0 saturated heterocycles. The molecule has 0 spiro atoms. The number of hydrogen-bond acceptors (Lipinski definition) is 1. The number of rotatable bonds is 5. The van der Waals surface area contributed by atoms with Crippen LogP contribution in [0, 0.1) is 11.8 Å². The highest BCUT2D eigenvalue weighted by Crippen LogP contribution is 2.29. The maximum absolute atomic E-state index is 10.2. The Morgan fingerprint density at radius 1 is 1.00 bits per heavy atom. The topological polar surface area (TPSA) is 20.2 Å². The fourth-order valence-electron chi connectivity index (χ4n) is 2.97. The van der Waals surface area contributed by atoms with Crippen molar-refractivity contribution < 1.29 is 5.11 Å². The van der Waals surface area contributed by atoms with Gasteiger partial charge in [0.2, 0.25) is 0 Å². The van der Waals surface area contributed by atoms with Crippen LogP contribution in [0.4, 0.5) is 0 Å². The van der Waals surface area contributed by atoms with Crippen LogP contribution in [-0.2, 0) is 0 Å². The Labute approximate surface area is 95.3 Å². The zero-order chi connectivity index (χ0) is 11.1. The van der Waals surface area contributed by atoms with E-state index in [0.717, 1.165) is 25.2 Å². The van der Waals surface area contributed by atoms with Crippen molar-refractivity contribution in [2.75, 3.05) is 0 Å². The number of hydrogen-bond donors (Lipinski definition) is 1. The molecule has 0 radical (unpaired) electrons. The lowest BCUT2D eigenvalue weighted by Gasteiger charge is -2.24. The fourth-order valence-corrected chi connectivity index (χ4v) is 2.97. The lowest BCUT2D eigenvalue weighted by Crippen LogP contribution is -2.22. The first-order chi connectivity index (χ1) is 7.27. The zero-order valence-electron chi connectivity index (χ0n) is 10.5. The summed E-state index contributed by atoms with van der Waals surface area (Å²) in [5.74, 6) is 1.34. The molecule has 1 nitrogen and oxygen atoms in total. The van der Waals surface area contributed by atoms with Crippen molar-refractivity contribution in [3.05, 3.63) is 0 Å². The van der Waals surface area contributed by atoms with E-state index in [1.54, 1.807) is 0 Å². The quantitative estimate of drug-likeness (QED) is 0.679. The third kappa shape index (κ3) is 4.55. The largest absolute Gasteiger partial charge is 0.393 e. The molecule has 15 heavy (non-hydrogen) atoms. The lowest BCUT2D eigenvalue weighted by molar-refractivity contribution is 0.0745. The average molecular weight is 212 g/mol. The van der Waals surface area contributed by atoms with Gasteiger partial charge in [0, 0.05) is 0 Å². The third-order valence-electron chi connectivity index (χ3n) is 4.14. The molecule has 0 aromatic carbocycles. The maximum atomic E-state index is 10.2. The summed E-state index contributed by atoms with van der Waals surface area (Å²) in [6.45, 7) is 4.40. The van der Waals surface area contributed by atoms with Gasteiger partial charge in [-0.05, 0) is 18.3 Å². The van der Waals surface area contributed by atoms with Crippen molar-refractivity contribution in [1.29, 1.82) is 0 Å². The Hall–Kier alpha value is -0.0400. The summed E-state index contributed by atoms with van der Waals surface area (Å²) in [6.07, 6.45) is 11.6. The van der Waals surface area contributed by atoms with Gasteiger partial charge in [-0.25, -0.2) is 0 Å². The summed E-state index contributed by atoms with van der Waals surface area (Å²) in [5, 5.41) is 10.2. The van der Waals surface area contributed by atoms with E-state index in [4.69, 9.17) is 0 Å². The van der Waals surface area contributed by atoms with Gasteiger partial charge < -0.3 is 5.11 Å². The van der Waals surface area contributed by atoms with Crippen LogP contribution < -0.4 is 0 Å². The summed E-state index contributed by atoms with van der Waals surface area (Å²) in [7, 11) is 0. The van der Waals surface area contributed by atoms with Gasteiger partial charge in [0.25, 0.3) is 0 Å². The molecule has 1 aliphatic rings. The van der Waals surface area contributed by atoms with Crippen LogP contribution >= 0.6 is 0 Å². The SMILES string of the molecule is CCC(CC)C(O)CC1CCCCCC1. The second-order valence-electron chi connectivity index (χ2n) is 5.24. The van der Waals surface area contributed by atoms with Gasteiger partial charge in [-0.3, -0.25) is 0 Å². The Bertz CT molecular complexity index is 143. The summed E-state index contributed by atoms with van der Waals surface area (Å²) in [6, 6.07) is 0. The van der Waals surface area contributed by atoms with Crippen LogP contribution in [0.2, 0.25) is 0 Å². The molecule has 1 unspecified atom stereocenters. The minimum atomic E-state index is -0.0388. The van der Waals surface area contributed by atoms with E-state index in [1.807, 2.05) is 0 Å². The van der Waals surface area contributed by atoms with Crippen molar-refractivity contribution >= 4 is 0 Å². The molecule has 1 saturated carbocycles. The van der Waals surface area contributed by atoms with Crippen LogP contribution in [0.3, 0.4) is 0 Å². The van der Waals surface area contributed by atoms with Gasteiger partial charge in [0.05, 0.1) is 6.10 Å². The molecule has 1 rings (SSSR count). The molecule has 0 aliphatic heterocycles. The van der Waals surface area contributed by atoms with E-state index < -0.39 is 0 Å². The fraction of sp³-hybridized carbons (Fsp3) is 1.00. The Morgan fingerprint density at radius 2 is 1.53 bits per heavy atom. The van der Waals surface area contributed by atoms with Gasteiger partial charge in [-0.2, -0.15) is 0 Å². The monoisotopic (exact) mass is 212 g/mol. The molecule has 0 heterocycles. The maximum Gasteiger partial charge on any atom is 0.0570 e. The molecule has 1 fully saturated rings. The summed E-state index contributed by atoms with van der Waals surface area (Å²) >= 11 is 0. The second kappa shape index (κ2) is 7.27. The van der Waals surface area contributed by atoms with E-state index >= 15 is 0 Å². The normalized spacial score (nSPS) is 21.6. The molecule has 0 aromatic heterocycles. The summed E-state index contributed by atoms with van der Waals surface area (Å²) in [5.41, 5.74) is 0. The first kappa shape index (κ1) is 13.0. The Kier molecular flexibility index (Phi) is 6.31. The van der Waals surface area contributed by atoms with Crippen LogP contribution in [0.25, 0.3) is 0 Å². The summed E-state index contributed by atoms with van der Waals surface area (Å²) < 4.78 is 0. The van der Waals surface area contributed by atoms with Crippen LogP contribution in [0.15, 0.2) is 0 Å². The Balaban J connectivity index is 2.31. The van der Waals surface area contributed by atoms with E-state index in [9.17, 15) is 5.11 Å². The van der Waals surface area contributed by atoms with E-state index in [-0.39, 0.29) is 6.10 Å². The Morgan fingerprint density at radius 3 is 2.00 bits per heavy atom. The molecule has 0 amide bonds. The first-order valence-electron chi connectivity index (χ1n) is 6.96. The van der Waals surface area contributed by atoms with Crippen molar-refractivity contribution in [2.45, 2.75) is 77.7 Å². The third-order valence-corrected chi connectivity index (χ3v) is 4.14. The van der Waals surface area contributed by atoms with Gasteiger partial charge in [-0.1, -0.05) is 65.2 Å². The highest BCUT2D eigenvalue weighted by atomic mass is 16.3. The minimum absolute atomic E-state index is 0.0388. The van der Waals surface area contributed by atoms with Gasteiger partial charge >= 0.3 is 0 Å². The van der Waals surface area contributed by atoms with Crippen molar-refractivity contribution in [2.24, 2.45) is 11.8 Å². The molecule has 1 atom stereocenters. The molecule has 1 heteroatoms. The highest BCUT2D eigenvalue weighted by Gasteiger charge is 2.21. The van der Waals surface area contributed by atoms with Crippen LogP contribution in [-0.4, -0.2) is 11.2 Å². The van der Waals surface area contributed by atoms with Crippen molar-refractivity contribution in [3.8, 4) is 0 Å². The van der Waals surface area contributed by atoms with Crippen molar-refractivity contribution in [3.63, 3.8) is 0 Å². The van der Waals surface area contributed by atoms with Gasteiger partial charge in [0.15, 0.2) is 0 Å². The lowest BCUT2D eigenvalue weighted by atomic mass is 9.86. The highest BCUT2D eigenvalue weighted by molar-refractivity contribution is 4.73. The van der Waals surface area contributed by atoms with Crippen LogP contribution in [0.5, 0.6) is 0 Å². The summed E-state index contributed by atoms with van der Waals surface area (Å²) in [4.78, 5) is 0. The smallest absolute Gasteiger partial charge is 0.0570 e. The molecular formula is C14H28O.